The summed E-state index contributed by atoms with van der Waals surface area (Å²) in [7, 11) is -3.75. The van der Waals surface area contributed by atoms with Gasteiger partial charge < -0.3 is 19.7 Å². The highest BCUT2D eigenvalue weighted by molar-refractivity contribution is 7.92. The molecule has 2 heterocycles. The molecule has 170 valence electrons. The zero-order chi connectivity index (χ0) is 22.8. The molecule has 3 aromatic rings. The fraction of sp³-hybridized carbons (Fsp3) is 0.391. The number of nitrogens with zero attached hydrogens (tertiary/aromatic N) is 2. The Hall–Kier alpha value is -2.91. The SMILES string of the molecule is Cc1nc2ccccc2n1CCc1ccc(S(=O)(=O)C2(CNC(=O)O)CCOCC2)cc1. The largest absolute Gasteiger partial charge is 0.465 e. The summed E-state index contributed by atoms with van der Waals surface area (Å²) in [4.78, 5) is 15.8. The number of sulfone groups is 1. The smallest absolute Gasteiger partial charge is 0.404 e. The Morgan fingerprint density at radius 3 is 2.53 bits per heavy atom. The lowest BCUT2D eigenvalue weighted by Crippen LogP contribution is -2.52. The third-order valence-corrected chi connectivity index (χ3v) is 8.82. The van der Waals surface area contributed by atoms with Crippen LogP contribution in [-0.4, -0.2) is 53.7 Å². The molecule has 32 heavy (non-hydrogen) atoms. The molecule has 9 heteroatoms. The minimum atomic E-state index is -3.75. The van der Waals surface area contributed by atoms with Crippen LogP contribution < -0.4 is 5.32 Å². The Bertz CT molecular complexity index is 1210. The standard InChI is InChI=1S/C23H27N3O5S/c1-17-25-20-4-2-3-5-21(20)26(17)13-10-18-6-8-19(9-7-18)32(29,30)23(16-24-22(27)28)11-14-31-15-12-23/h2-9,24H,10-16H2,1H3,(H,27,28). The molecule has 0 saturated carbocycles. The number of fused-ring (bicyclic) bond motifs is 1. The molecule has 0 aliphatic carbocycles. The molecule has 1 fully saturated rings. The molecule has 2 N–H and O–H groups in total. The Morgan fingerprint density at radius 1 is 1.16 bits per heavy atom. The molecule has 1 amide bonds. The molecule has 0 atom stereocenters. The van der Waals surface area contributed by atoms with Gasteiger partial charge in [-0.25, -0.2) is 18.2 Å². The second-order valence-corrected chi connectivity index (χ2v) is 10.5. The fourth-order valence-corrected chi connectivity index (χ4v) is 6.29. The van der Waals surface area contributed by atoms with Gasteiger partial charge in [-0.1, -0.05) is 24.3 Å². The van der Waals surface area contributed by atoms with E-state index in [1.54, 1.807) is 12.1 Å². The van der Waals surface area contributed by atoms with E-state index < -0.39 is 20.7 Å². The van der Waals surface area contributed by atoms with Crippen molar-refractivity contribution in [1.29, 1.82) is 0 Å². The molecule has 1 saturated heterocycles. The number of amides is 1. The average molecular weight is 458 g/mol. The van der Waals surface area contributed by atoms with Crippen LogP contribution in [0.1, 0.15) is 24.2 Å². The summed E-state index contributed by atoms with van der Waals surface area (Å²) >= 11 is 0. The lowest BCUT2D eigenvalue weighted by Gasteiger charge is -2.36. The van der Waals surface area contributed by atoms with Crippen LogP contribution >= 0.6 is 0 Å². The summed E-state index contributed by atoms with van der Waals surface area (Å²) in [6.07, 6.45) is 0.0131. The van der Waals surface area contributed by atoms with Gasteiger partial charge in [0.2, 0.25) is 0 Å². The van der Waals surface area contributed by atoms with Gasteiger partial charge in [0.1, 0.15) is 5.82 Å². The van der Waals surface area contributed by atoms with Crippen molar-refractivity contribution in [3.63, 3.8) is 0 Å². The quantitative estimate of drug-likeness (QED) is 0.564. The third-order valence-electron chi connectivity index (χ3n) is 6.24. The van der Waals surface area contributed by atoms with Gasteiger partial charge in [-0.05, 0) is 56.0 Å². The van der Waals surface area contributed by atoms with Crippen LogP contribution in [0.4, 0.5) is 4.79 Å². The van der Waals surface area contributed by atoms with Crippen LogP contribution in [0.25, 0.3) is 11.0 Å². The van der Waals surface area contributed by atoms with Gasteiger partial charge in [-0.2, -0.15) is 0 Å². The monoisotopic (exact) mass is 457 g/mol. The maximum atomic E-state index is 13.5. The zero-order valence-electron chi connectivity index (χ0n) is 18.0. The van der Waals surface area contributed by atoms with Crippen molar-refractivity contribution in [2.75, 3.05) is 19.8 Å². The van der Waals surface area contributed by atoms with Crippen molar-refractivity contribution in [1.82, 2.24) is 14.9 Å². The first-order valence-electron chi connectivity index (χ1n) is 10.6. The van der Waals surface area contributed by atoms with Gasteiger partial charge >= 0.3 is 6.09 Å². The van der Waals surface area contributed by atoms with E-state index in [9.17, 15) is 13.2 Å². The highest BCUT2D eigenvalue weighted by atomic mass is 32.2. The van der Waals surface area contributed by atoms with Gasteiger partial charge in [0.25, 0.3) is 0 Å². The van der Waals surface area contributed by atoms with E-state index in [1.807, 2.05) is 43.3 Å². The number of para-hydroxylation sites is 2. The zero-order valence-corrected chi connectivity index (χ0v) is 18.8. The number of benzene rings is 2. The number of ether oxygens (including phenoxy) is 1. The van der Waals surface area contributed by atoms with E-state index in [0.29, 0.717) is 0 Å². The second kappa shape index (κ2) is 8.91. The van der Waals surface area contributed by atoms with Crippen LogP contribution in [-0.2, 0) is 27.5 Å². The van der Waals surface area contributed by atoms with Crippen LogP contribution in [0.15, 0.2) is 53.4 Å². The first-order valence-corrected chi connectivity index (χ1v) is 12.1. The van der Waals surface area contributed by atoms with E-state index in [1.165, 1.54) is 0 Å². The van der Waals surface area contributed by atoms with Crippen molar-refractivity contribution in [3.05, 3.63) is 59.9 Å². The predicted octanol–water partition coefficient (Wildman–Crippen LogP) is 3.18. The van der Waals surface area contributed by atoms with Crippen molar-refractivity contribution < 1.29 is 23.1 Å². The summed E-state index contributed by atoms with van der Waals surface area (Å²) in [6, 6.07) is 14.9. The Labute approximate surface area is 187 Å². The van der Waals surface area contributed by atoms with Gasteiger partial charge in [0.15, 0.2) is 9.84 Å². The van der Waals surface area contributed by atoms with E-state index in [0.717, 1.165) is 35.4 Å². The van der Waals surface area contributed by atoms with E-state index in [2.05, 4.69) is 14.9 Å². The number of rotatable bonds is 7. The molecule has 0 spiro atoms. The number of hydrogen-bond donors (Lipinski definition) is 2. The first-order chi connectivity index (χ1) is 15.3. The number of carbonyl (C=O) groups is 1. The van der Waals surface area contributed by atoms with Crippen LogP contribution in [0.2, 0.25) is 0 Å². The number of aryl methyl sites for hydroxylation is 3. The third kappa shape index (κ3) is 4.22. The van der Waals surface area contributed by atoms with Gasteiger partial charge in [0, 0.05) is 26.3 Å². The molecule has 0 radical (unpaired) electrons. The topological polar surface area (TPSA) is 111 Å². The van der Waals surface area contributed by atoms with Crippen molar-refractivity contribution in [2.24, 2.45) is 0 Å². The maximum absolute atomic E-state index is 13.5. The second-order valence-electron chi connectivity index (χ2n) is 8.15. The summed E-state index contributed by atoms with van der Waals surface area (Å²) in [5, 5.41) is 11.3. The molecular formula is C23H27N3O5S. The molecule has 1 aliphatic heterocycles. The number of nitrogens with one attached hydrogen (secondary N) is 1. The first kappa shape index (κ1) is 22.3. The van der Waals surface area contributed by atoms with E-state index in [-0.39, 0.29) is 37.5 Å². The van der Waals surface area contributed by atoms with E-state index in [4.69, 9.17) is 9.84 Å². The lowest BCUT2D eigenvalue weighted by atomic mass is 9.99. The molecule has 0 bridgehead atoms. The number of imidazole rings is 1. The minimum Gasteiger partial charge on any atom is -0.465 e. The maximum Gasteiger partial charge on any atom is 0.404 e. The van der Waals surface area contributed by atoms with Gasteiger partial charge in [-0.3, -0.25) is 0 Å². The Balaban J connectivity index is 1.53. The normalized spacial score (nSPS) is 16.2. The molecular weight excluding hydrogens is 430 g/mol. The summed E-state index contributed by atoms with van der Waals surface area (Å²) in [6.45, 7) is 3.15. The van der Waals surface area contributed by atoms with E-state index >= 15 is 0 Å². The lowest BCUT2D eigenvalue weighted by molar-refractivity contribution is 0.0741. The number of carboxylic acid groups (broad SMARTS) is 1. The molecule has 2 aromatic carbocycles. The van der Waals surface area contributed by atoms with Crippen LogP contribution in [0.3, 0.4) is 0 Å². The highest BCUT2D eigenvalue weighted by Crippen LogP contribution is 2.34. The van der Waals surface area contributed by atoms with Crippen LogP contribution in [0, 0.1) is 6.92 Å². The molecule has 0 unspecified atom stereocenters. The minimum absolute atomic E-state index is 0.150. The van der Waals surface area contributed by atoms with Crippen molar-refractivity contribution in [3.8, 4) is 0 Å². The fourth-order valence-electron chi connectivity index (χ4n) is 4.32. The van der Waals surface area contributed by atoms with Crippen molar-refractivity contribution in [2.45, 2.75) is 42.4 Å². The highest BCUT2D eigenvalue weighted by Gasteiger charge is 2.46. The van der Waals surface area contributed by atoms with Gasteiger partial charge in [0.05, 0.1) is 20.7 Å². The average Bonchev–Trinajstić information content (AvgIpc) is 3.12. The molecule has 1 aliphatic rings. The molecule has 8 nitrogen and oxygen atoms in total. The van der Waals surface area contributed by atoms with Gasteiger partial charge in [-0.15, -0.1) is 0 Å². The van der Waals surface area contributed by atoms with Crippen molar-refractivity contribution >= 4 is 27.0 Å². The molecule has 4 rings (SSSR count). The number of aromatic nitrogens is 2. The Kier molecular flexibility index (Phi) is 6.21. The predicted molar refractivity (Wildman–Crippen MR) is 121 cm³/mol. The summed E-state index contributed by atoms with van der Waals surface area (Å²) < 4.78 is 33.2. The Morgan fingerprint density at radius 2 is 1.84 bits per heavy atom. The summed E-state index contributed by atoms with van der Waals surface area (Å²) in [5.74, 6) is 0.942. The summed E-state index contributed by atoms with van der Waals surface area (Å²) in [5.41, 5.74) is 3.06. The molecule has 1 aromatic heterocycles. The number of hydrogen-bond acceptors (Lipinski definition) is 5. The van der Waals surface area contributed by atoms with Crippen LogP contribution in [0.5, 0.6) is 0 Å².